The van der Waals surface area contributed by atoms with Crippen LogP contribution in [-0.2, 0) is 4.79 Å². The number of carbonyl (C=O) groups is 1. The van der Waals surface area contributed by atoms with Crippen LogP contribution >= 0.6 is 0 Å². The van der Waals surface area contributed by atoms with Gasteiger partial charge in [0.2, 0.25) is 11.9 Å². The fraction of sp³-hybridized carbons (Fsp3) is 0.333. The standard InChI is InChI=1S/C21H25N7O/c1-2-5-20(29)26-15-7-8-18-17(12-15)25-14-28(18)19-9-11-23-21(27-19)24-13-16-6-3-4-10-22-16/h2,7-9,11-12,14,16,22H,1,3-6,10,13H2,(H,26,29)(H,23,24,27). The summed E-state index contributed by atoms with van der Waals surface area (Å²) in [5.74, 6) is 1.24. The molecule has 0 aliphatic carbocycles. The van der Waals surface area contributed by atoms with Crippen LogP contribution in [0.15, 0.2) is 49.4 Å². The zero-order chi connectivity index (χ0) is 20.1. The van der Waals surface area contributed by atoms with E-state index in [-0.39, 0.29) is 12.3 Å². The summed E-state index contributed by atoms with van der Waals surface area (Å²) >= 11 is 0. The molecule has 1 saturated heterocycles. The third-order valence-electron chi connectivity index (χ3n) is 4.97. The molecule has 3 aromatic rings. The molecule has 0 bridgehead atoms. The first-order valence-corrected chi connectivity index (χ1v) is 9.91. The summed E-state index contributed by atoms with van der Waals surface area (Å²) in [6.07, 6.45) is 9.01. The first-order valence-electron chi connectivity index (χ1n) is 9.91. The lowest BCUT2D eigenvalue weighted by Gasteiger charge is -2.23. The van der Waals surface area contributed by atoms with E-state index in [1.54, 1.807) is 18.6 Å². The van der Waals surface area contributed by atoms with Gasteiger partial charge in [0, 0.05) is 30.9 Å². The third-order valence-corrected chi connectivity index (χ3v) is 4.97. The van der Waals surface area contributed by atoms with E-state index in [0.29, 0.717) is 17.7 Å². The Morgan fingerprint density at radius 2 is 2.24 bits per heavy atom. The van der Waals surface area contributed by atoms with Crippen LogP contribution in [0.25, 0.3) is 16.9 Å². The first-order chi connectivity index (χ1) is 14.2. The smallest absolute Gasteiger partial charge is 0.228 e. The lowest BCUT2D eigenvalue weighted by Crippen LogP contribution is -2.39. The molecule has 0 radical (unpaired) electrons. The average Bonchev–Trinajstić information content (AvgIpc) is 3.17. The van der Waals surface area contributed by atoms with E-state index >= 15 is 0 Å². The van der Waals surface area contributed by atoms with Gasteiger partial charge in [0.05, 0.1) is 11.0 Å². The van der Waals surface area contributed by atoms with Crippen LogP contribution in [0, 0.1) is 0 Å². The maximum Gasteiger partial charge on any atom is 0.228 e. The second kappa shape index (κ2) is 8.83. The van der Waals surface area contributed by atoms with E-state index in [1.807, 2.05) is 28.8 Å². The number of amides is 1. The minimum Gasteiger partial charge on any atom is -0.353 e. The number of benzene rings is 1. The van der Waals surface area contributed by atoms with E-state index in [0.717, 1.165) is 29.9 Å². The Labute approximate surface area is 169 Å². The minimum atomic E-state index is -0.0993. The Hall–Kier alpha value is -3.26. The number of hydrogen-bond donors (Lipinski definition) is 3. The number of imidazole rings is 1. The Bertz CT molecular complexity index is 1010. The van der Waals surface area contributed by atoms with Crippen molar-refractivity contribution in [3.8, 4) is 5.82 Å². The van der Waals surface area contributed by atoms with Gasteiger partial charge < -0.3 is 16.0 Å². The number of anilines is 2. The Kier molecular flexibility index (Phi) is 5.81. The summed E-state index contributed by atoms with van der Waals surface area (Å²) in [7, 11) is 0. The van der Waals surface area contributed by atoms with Crippen molar-refractivity contribution >= 4 is 28.6 Å². The van der Waals surface area contributed by atoms with E-state index in [2.05, 4.69) is 37.5 Å². The summed E-state index contributed by atoms with van der Waals surface area (Å²) in [4.78, 5) is 25.2. The molecule has 1 amide bonds. The molecule has 1 fully saturated rings. The number of rotatable bonds is 7. The number of hydrogen-bond acceptors (Lipinski definition) is 6. The third kappa shape index (κ3) is 4.60. The molecule has 1 atom stereocenters. The van der Waals surface area contributed by atoms with Crippen molar-refractivity contribution < 1.29 is 4.79 Å². The molecule has 8 nitrogen and oxygen atoms in total. The molecule has 8 heteroatoms. The van der Waals surface area contributed by atoms with Crippen molar-refractivity contribution in [2.45, 2.75) is 31.7 Å². The molecule has 3 heterocycles. The molecule has 150 valence electrons. The van der Waals surface area contributed by atoms with Gasteiger partial charge in [0.15, 0.2) is 0 Å². The number of piperidine rings is 1. The van der Waals surface area contributed by atoms with E-state index in [4.69, 9.17) is 0 Å². The van der Waals surface area contributed by atoms with Crippen molar-refractivity contribution in [2.75, 3.05) is 23.7 Å². The lowest BCUT2D eigenvalue weighted by molar-refractivity contribution is -0.115. The molecule has 29 heavy (non-hydrogen) atoms. The van der Waals surface area contributed by atoms with Gasteiger partial charge in [0.1, 0.15) is 12.1 Å². The van der Waals surface area contributed by atoms with Gasteiger partial charge in [-0.3, -0.25) is 9.36 Å². The number of nitrogens with zero attached hydrogens (tertiary/aromatic N) is 4. The number of carbonyl (C=O) groups excluding carboxylic acids is 1. The topological polar surface area (TPSA) is 96.8 Å². The molecular weight excluding hydrogens is 366 g/mol. The fourth-order valence-corrected chi connectivity index (χ4v) is 3.50. The second-order valence-electron chi connectivity index (χ2n) is 7.13. The highest BCUT2D eigenvalue weighted by Gasteiger charge is 2.13. The van der Waals surface area contributed by atoms with Crippen molar-refractivity contribution in [3.63, 3.8) is 0 Å². The first kappa shape index (κ1) is 19.1. The number of aromatic nitrogens is 4. The van der Waals surface area contributed by atoms with Gasteiger partial charge in [-0.05, 0) is 43.7 Å². The van der Waals surface area contributed by atoms with Crippen LogP contribution < -0.4 is 16.0 Å². The number of nitrogens with one attached hydrogen (secondary N) is 3. The Balaban J connectivity index is 1.50. The van der Waals surface area contributed by atoms with Gasteiger partial charge in [0.25, 0.3) is 0 Å². The van der Waals surface area contributed by atoms with Crippen molar-refractivity contribution in [2.24, 2.45) is 0 Å². The fourth-order valence-electron chi connectivity index (χ4n) is 3.50. The molecule has 1 aliphatic rings. The maximum absolute atomic E-state index is 11.8. The van der Waals surface area contributed by atoms with Gasteiger partial charge in [-0.25, -0.2) is 9.97 Å². The summed E-state index contributed by atoms with van der Waals surface area (Å²) in [5.41, 5.74) is 2.39. The van der Waals surface area contributed by atoms with Crippen molar-refractivity contribution in [1.82, 2.24) is 24.8 Å². The van der Waals surface area contributed by atoms with Crippen LogP contribution in [-0.4, -0.2) is 44.6 Å². The maximum atomic E-state index is 11.8. The van der Waals surface area contributed by atoms with Crippen LogP contribution in [0.4, 0.5) is 11.6 Å². The molecule has 1 aromatic carbocycles. The predicted molar refractivity (Wildman–Crippen MR) is 114 cm³/mol. The van der Waals surface area contributed by atoms with Gasteiger partial charge in [-0.2, -0.15) is 4.98 Å². The minimum absolute atomic E-state index is 0.0993. The monoisotopic (exact) mass is 391 g/mol. The van der Waals surface area contributed by atoms with E-state index in [9.17, 15) is 4.79 Å². The van der Waals surface area contributed by atoms with Crippen LogP contribution in [0.2, 0.25) is 0 Å². The molecular formula is C21H25N7O. The largest absolute Gasteiger partial charge is 0.353 e. The van der Waals surface area contributed by atoms with Gasteiger partial charge in [-0.15, -0.1) is 6.58 Å². The molecule has 0 spiro atoms. The SMILES string of the molecule is C=CCC(=O)Nc1ccc2c(c1)ncn2-c1ccnc(NCC2CCCCN2)n1. The van der Waals surface area contributed by atoms with Crippen molar-refractivity contribution in [1.29, 1.82) is 0 Å². The molecule has 2 aromatic heterocycles. The van der Waals surface area contributed by atoms with Crippen LogP contribution in [0.3, 0.4) is 0 Å². The van der Waals surface area contributed by atoms with E-state index in [1.165, 1.54) is 19.3 Å². The highest BCUT2D eigenvalue weighted by atomic mass is 16.1. The average molecular weight is 391 g/mol. The predicted octanol–water partition coefficient (Wildman–Crippen LogP) is 2.88. The summed E-state index contributed by atoms with van der Waals surface area (Å²) in [6.45, 7) is 5.46. The molecule has 0 saturated carbocycles. The van der Waals surface area contributed by atoms with Crippen LogP contribution in [0.1, 0.15) is 25.7 Å². The van der Waals surface area contributed by atoms with Crippen molar-refractivity contribution in [3.05, 3.63) is 49.4 Å². The van der Waals surface area contributed by atoms with E-state index < -0.39 is 0 Å². The Morgan fingerprint density at radius 1 is 1.31 bits per heavy atom. The Morgan fingerprint density at radius 3 is 3.07 bits per heavy atom. The summed E-state index contributed by atoms with van der Waals surface area (Å²) < 4.78 is 1.91. The zero-order valence-corrected chi connectivity index (χ0v) is 16.3. The highest BCUT2D eigenvalue weighted by Crippen LogP contribution is 2.21. The molecule has 4 rings (SSSR count). The van der Waals surface area contributed by atoms with Gasteiger partial charge >= 0.3 is 0 Å². The molecule has 1 unspecified atom stereocenters. The quantitative estimate of drug-likeness (QED) is 0.536. The summed E-state index contributed by atoms with van der Waals surface area (Å²) in [5, 5.41) is 9.69. The summed E-state index contributed by atoms with van der Waals surface area (Å²) in [6, 6.07) is 7.94. The zero-order valence-electron chi connectivity index (χ0n) is 16.3. The number of fused-ring (bicyclic) bond motifs is 1. The molecule has 3 N–H and O–H groups in total. The van der Waals surface area contributed by atoms with Crippen LogP contribution in [0.5, 0.6) is 0 Å². The normalized spacial score (nSPS) is 16.5. The lowest BCUT2D eigenvalue weighted by atomic mass is 10.1. The molecule has 1 aliphatic heterocycles. The highest BCUT2D eigenvalue weighted by molar-refractivity contribution is 5.93. The van der Waals surface area contributed by atoms with Gasteiger partial charge in [-0.1, -0.05) is 12.5 Å². The second-order valence-corrected chi connectivity index (χ2v) is 7.13.